The summed E-state index contributed by atoms with van der Waals surface area (Å²) in [6, 6.07) is 0. The van der Waals surface area contributed by atoms with Gasteiger partial charge in [-0.3, -0.25) is 5.26 Å². The molecule has 0 saturated heterocycles. The van der Waals surface area contributed by atoms with Gasteiger partial charge in [0.05, 0.1) is 6.61 Å². The molecule has 0 aliphatic rings. The molecular formula is C5H12O4. The highest BCUT2D eigenvalue weighted by atomic mass is 17.1. The first-order valence-electron chi connectivity index (χ1n) is 2.86. The summed E-state index contributed by atoms with van der Waals surface area (Å²) in [5.74, 6) is 0. The average Bonchev–Trinajstić information content (AvgIpc) is 1.89. The molecule has 0 heterocycles. The minimum Gasteiger partial charge on any atom is -0.396 e. The van der Waals surface area contributed by atoms with Crippen LogP contribution >= 0.6 is 0 Å². The molecule has 0 unspecified atom stereocenters. The minimum absolute atomic E-state index is 0.139. The van der Waals surface area contributed by atoms with Crippen molar-refractivity contribution < 1.29 is 20.0 Å². The van der Waals surface area contributed by atoms with Gasteiger partial charge < -0.3 is 9.84 Å². The lowest BCUT2D eigenvalue weighted by atomic mass is 10.5. The summed E-state index contributed by atoms with van der Waals surface area (Å²) in [6.07, 6.45) is 0.630. The van der Waals surface area contributed by atoms with Crippen molar-refractivity contribution in [3.63, 3.8) is 0 Å². The number of ether oxygens (including phenoxy) is 1. The molecule has 0 aliphatic heterocycles. The summed E-state index contributed by atoms with van der Waals surface area (Å²) in [5.41, 5.74) is 0. The van der Waals surface area contributed by atoms with E-state index in [0.29, 0.717) is 19.6 Å². The molecule has 0 amide bonds. The SMILES string of the molecule is OCCCOCCOO. The van der Waals surface area contributed by atoms with Crippen molar-refractivity contribution in [1.29, 1.82) is 0 Å². The molecule has 0 spiro atoms. The molecule has 0 aromatic rings. The standard InChI is InChI=1S/C5H12O4/c6-2-1-3-8-4-5-9-7/h6-7H,1-5H2. The zero-order chi connectivity index (χ0) is 6.95. The normalized spacial score (nSPS) is 10.0. The predicted octanol–water partition coefficient (Wildman–Crippen LogP) is -0.125. The van der Waals surface area contributed by atoms with Crippen LogP contribution in [-0.2, 0) is 9.62 Å². The molecule has 4 heteroatoms. The Morgan fingerprint density at radius 3 is 2.44 bits per heavy atom. The largest absolute Gasteiger partial charge is 0.396 e. The molecule has 0 aromatic carbocycles. The van der Waals surface area contributed by atoms with Crippen molar-refractivity contribution in [2.24, 2.45) is 0 Å². The lowest BCUT2D eigenvalue weighted by Gasteiger charge is -1.98. The van der Waals surface area contributed by atoms with Crippen LogP contribution in [0.25, 0.3) is 0 Å². The molecule has 0 rings (SSSR count). The van der Waals surface area contributed by atoms with Gasteiger partial charge in [-0.25, -0.2) is 4.89 Å². The van der Waals surface area contributed by atoms with Gasteiger partial charge in [0.2, 0.25) is 0 Å². The second-order valence-corrected chi connectivity index (χ2v) is 1.52. The zero-order valence-corrected chi connectivity index (χ0v) is 5.25. The molecule has 4 nitrogen and oxygen atoms in total. The average molecular weight is 136 g/mol. The fourth-order valence-corrected chi connectivity index (χ4v) is 0.365. The Balaban J connectivity index is 2.60. The highest BCUT2D eigenvalue weighted by Crippen LogP contribution is 1.79. The van der Waals surface area contributed by atoms with Crippen LogP contribution in [-0.4, -0.2) is 36.8 Å². The van der Waals surface area contributed by atoms with E-state index in [-0.39, 0.29) is 13.2 Å². The lowest BCUT2D eigenvalue weighted by molar-refractivity contribution is -0.249. The molecule has 0 bridgehead atoms. The first kappa shape index (κ1) is 8.84. The fourth-order valence-electron chi connectivity index (χ4n) is 0.365. The van der Waals surface area contributed by atoms with E-state index in [0.717, 1.165) is 0 Å². The summed E-state index contributed by atoms with van der Waals surface area (Å²) in [6.45, 7) is 1.21. The first-order chi connectivity index (χ1) is 4.41. The minimum atomic E-state index is 0.139. The van der Waals surface area contributed by atoms with Gasteiger partial charge >= 0.3 is 0 Å². The maximum absolute atomic E-state index is 8.26. The van der Waals surface area contributed by atoms with Gasteiger partial charge in [0.1, 0.15) is 6.61 Å². The highest BCUT2D eigenvalue weighted by Gasteiger charge is 1.85. The molecule has 0 aromatic heterocycles. The van der Waals surface area contributed by atoms with Crippen molar-refractivity contribution >= 4 is 0 Å². The summed E-state index contributed by atoms with van der Waals surface area (Å²) >= 11 is 0. The van der Waals surface area contributed by atoms with Gasteiger partial charge in [-0.15, -0.1) is 0 Å². The van der Waals surface area contributed by atoms with E-state index in [1.807, 2.05) is 0 Å². The van der Waals surface area contributed by atoms with Crippen molar-refractivity contribution in [3.05, 3.63) is 0 Å². The van der Waals surface area contributed by atoms with E-state index in [4.69, 9.17) is 15.1 Å². The fraction of sp³-hybridized carbons (Fsp3) is 1.00. The third kappa shape index (κ3) is 7.84. The number of aliphatic hydroxyl groups excluding tert-OH is 1. The molecule has 0 atom stereocenters. The zero-order valence-electron chi connectivity index (χ0n) is 5.25. The van der Waals surface area contributed by atoms with Gasteiger partial charge in [0.15, 0.2) is 0 Å². The summed E-state index contributed by atoms with van der Waals surface area (Å²) < 4.78 is 4.87. The number of hydrogen-bond acceptors (Lipinski definition) is 4. The second kappa shape index (κ2) is 7.84. The van der Waals surface area contributed by atoms with E-state index in [1.54, 1.807) is 0 Å². The third-order valence-electron chi connectivity index (χ3n) is 0.766. The molecule has 0 fully saturated rings. The molecule has 0 radical (unpaired) electrons. The predicted molar refractivity (Wildman–Crippen MR) is 31.1 cm³/mol. The topological polar surface area (TPSA) is 58.9 Å². The first-order valence-corrected chi connectivity index (χ1v) is 2.86. The Morgan fingerprint density at radius 1 is 1.11 bits per heavy atom. The van der Waals surface area contributed by atoms with E-state index < -0.39 is 0 Å². The maximum Gasteiger partial charge on any atom is 0.105 e. The van der Waals surface area contributed by atoms with Crippen molar-refractivity contribution in [3.8, 4) is 0 Å². The van der Waals surface area contributed by atoms with Gasteiger partial charge in [-0.05, 0) is 6.42 Å². The van der Waals surface area contributed by atoms with Gasteiger partial charge in [0.25, 0.3) is 0 Å². The van der Waals surface area contributed by atoms with Gasteiger partial charge in [-0.1, -0.05) is 0 Å². The maximum atomic E-state index is 8.26. The molecule has 0 saturated carbocycles. The van der Waals surface area contributed by atoms with Crippen molar-refractivity contribution in [2.45, 2.75) is 6.42 Å². The Labute approximate surface area is 53.9 Å². The van der Waals surface area contributed by atoms with E-state index in [2.05, 4.69) is 4.89 Å². The molecule has 2 N–H and O–H groups in total. The molecule has 56 valence electrons. The monoisotopic (exact) mass is 136 g/mol. The molecule has 0 aliphatic carbocycles. The Hall–Kier alpha value is -0.160. The Morgan fingerprint density at radius 2 is 1.89 bits per heavy atom. The quantitative estimate of drug-likeness (QED) is 0.303. The van der Waals surface area contributed by atoms with Crippen LogP contribution in [0.3, 0.4) is 0 Å². The van der Waals surface area contributed by atoms with Crippen molar-refractivity contribution in [1.82, 2.24) is 0 Å². The van der Waals surface area contributed by atoms with Crippen LogP contribution < -0.4 is 0 Å². The number of hydrogen-bond donors (Lipinski definition) is 2. The second-order valence-electron chi connectivity index (χ2n) is 1.52. The lowest BCUT2D eigenvalue weighted by Crippen LogP contribution is -2.04. The highest BCUT2D eigenvalue weighted by molar-refractivity contribution is 4.30. The van der Waals surface area contributed by atoms with Crippen LogP contribution in [0.5, 0.6) is 0 Å². The van der Waals surface area contributed by atoms with Crippen LogP contribution in [0.2, 0.25) is 0 Å². The van der Waals surface area contributed by atoms with Gasteiger partial charge in [-0.2, -0.15) is 0 Å². The third-order valence-corrected chi connectivity index (χ3v) is 0.766. The van der Waals surface area contributed by atoms with Crippen molar-refractivity contribution in [2.75, 3.05) is 26.4 Å². The van der Waals surface area contributed by atoms with E-state index in [1.165, 1.54) is 0 Å². The van der Waals surface area contributed by atoms with Crippen LogP contribution in [0.1, 0.15) is 6.42 Å². The summed E-state index contributed by atoms with van der Waals surface area (Å²) in [5, 5.41) is 16.1. The van der Waals surface area contributed by atoms with Crippen LogP contribution in [0, 0.1) is 0 Å². The Bertz CT molecular complexity index is 42.2. The van der Waals surface area contributed by atoms with E-state index >= 15 is 0 Å². The smallest absolute Gasteiger partial charge is 0.105 e. The van der Waals surface area contributed by atoms with E-state index in [9.17, 15) is 0 Å². The number of rotatable bonds is 6. The Kier molecular flexibility index (Phi) is 7.70. The van der Waals surface area contributed by atoms with Crippen LogP contribution in [0.15, 0.2) is 0 Å². The van der Waals surface area contributed by atoms with Gasteiger partial charge in [0, 0.05) is 13.2 Å². The molecular weight excluding hydrogens is 124 g/mol. The number of aliphatic hydroxyl groups is 1. The molecule has 9 heavy (non-hydrogen) atoms. The summed E-state index contributed by atoms with van der Waals surface area (Å²) in [4.78, 5) is 3.73. The summed E-state index contributed by atoms with van der Waals surface area (Å²) in [7, 11) is 0. The van der Waals surface area contributed by atoms with Crippen LogP contribution in [0.4, 0.5) is 0 Å².